The number of thiazole rings is 1. The first-order chi connectivity index (χ1) is 8.52. The van der Waals surface area contributed by atoms with Crippen molar-refractivity contribution in [2.75, 3.05) is 12.8 Å². The van der Waals surface area contributed by atoms with Gasteiger partial charge in [0.15, 0.2) is 10.8 Å². The SMILES string of the molecule is COC(=O)c1nc(N)sc1-c1ccc(Br)c(F)c1. The first-order valence-corrected chi connectivity index (χ1v) is 6.44. The van der Waals surface area contributed by atoms with E-state index in [0.29, 0.717) is 14.9 Å². The van der Waals surface area contributed by atoms with E-state index < -0.39 is 11.8 Å². The summed E-state index contributed by atoms with van der Waals surface area (Å²) in [6, 6.07) is 4.54. The number of ether oxygens (including phenoxy) is 1. The number of nitrogens with zero attached hydrogens (tertiary/aromatic N) is 1. The van der Waals surface area contributed by atoms with Crippen molar-refractivity contribution in [1.82, 2.24) is 4.98 Å². The van der Waals surface area contributed by atoms with Gasteiger partial charge >= 0.3 is 5.97 Å². The van der Waals surface area contributed by atoms with Crippen LogP contribution >= 0.6 is 27.3 Å². The number of carbonyl (C=O) groups excluding carboxylic acids is 1. The van der Waals surface area contributed by atoms with Crippen molar-refractivity contribution in [2.45, 2.75) is 0 Å². The molecule has 0 spiro atoms. The Bertz CT molecular complexity index is 615. The van der Waals surface area contributed by atoms with Crippen LogP contribution in [0.4, 0.5) is 9.52 Å². The second-order valence-electron chi connectivity index (χ2n) is 3.35. The largest absolute Gasteiger partial charge is 0.464 e. The van der Waals surface area contributed by atoms with E-state index in [1.54, 1.807) is 12.1 Å². The maximum atomic E-state index is 13.5. The van der Waals surface area contributed by atoms with Crippen LogP contribution in [0.15, 0.2) is 22.7 Å². The van der Waals surface area contributed by atoms with Gasteiger partial charge in [-0.2, -0.15) is 0 Å². The summed E-state index contributed by atoms with van der Waals surface area (Å²) in [5.74, 6) is -1.02. The Morgan fingerprint density at radius 1 is 1.56 bits per heavy atom. The zero-order valence-electron chi connectivity index (χ0n) is 9.24. The predicted octanol–water partition coefficient (Wildman–Crippen LogP) is 3.08. The van der Waals surface area contributed by atoms with Crippen LogP contribution in [0.1, 0.15) is 10.5 Å². The Morgan fingerprint density at radius 3 is 2.89 bits per heavy atom. The Morgan fingerprint density at radius 2 is 2.28 bits per heavy atom. The predicted molar refractivity (Wildman–Crippen MR) is 71.0 cm³/mol. The van der Waals surface area contributed by atoms with Gasteiger partial charge in [0.25, 0.3) is 0 Å². The third-order valence-electron chi connectivity index (χ3n) is 2.20. The molecule has 0 aliphatic carbocycles. The zero-order chi connectivity index (χ0) is 13.3. The molecule has 0 bridgehead atoms. The van der Waals surface area contributed by atoms with E-state index in [2.05, 4.69) is 25.7 Å². The number of anilines is 1. The molecule has 0 aliphatic rings. The summed E-state index contributed by atoms with van der Waals surface area (Å²) >= 11 is 4.17. The van der Waals surface area contributed by atoms with E-state index in [1.165, 1.54) is 13.2 Å². The summed E-state index contributed by atoms with van der Waals surface area (Å²) in [6.45, 7) is 0. The van der Waals surface area contributed by atoms with Crippen LogP contribution in [0.5, 0.6) is 0 Å². The number of hydrogen-bond acceptors (Lipinski definition) is 5. The van der Waals surface area contributed by atoms with Crippen LogP contribution in [0, 0.1) is 5.82 Å². The molecule has 1 heterocycles. The molecule has 1 aromatic carbocycles. The summed E-state index contributed by atoms with van der Waals surface area (Å²) in [4.78, 5) is 15.9. The number of rotatable bonds is 2. The summed E-state index contributed by atoms with van der Waals surface area (Å²) < 4.78 is 18.4. The van der Waals surface area contributed by atoms with Gasteiger partial charge < -0.3 is 10.5 Å². The molecular formula is C11H8BrFN2O2S. The number of nitrogen functional groups attached to an aromatic ring is 1. The number of carbonyl (C=O) groups is 1. The molecule has 0 aliphatic heterocycles. The number of halogens is 2. The minimum absolute atomic E-state index is 0.0988. The van der Waals surface area contributed by atoms with E-state index in [1.807, 2.05) is 0 Å². The highest BCUT2D eigenvalue weighted by Crippen LogP contribution is 2.33. The third-order valence-corrected chi connectivity index (χ3v) is 3.78. The molecule has 94 valence electrons. The van der Waals surface area contributed by atoms with Gasteiger partial charge in [-0.3, -0.25) is 0 Å². The van der Waals surface area contributed by atoms with E-state index in [9.17, 15) is 9.18 Å². The number of benzene rings is 1. The fourth-order valence-electron chi connectivity index (χ4n) is 1.40. The van der Waals surface area contributed by atoms with Crippen LogP contribution < -0.4 is 5.73 Å². The molecule has 4 nitrogen and oxygen atoms in total. The Labute approximate surface area is 115 Å². The van der Waals surface area contributed by atoms with Gasteiger partial charge in [0.05, 0.1) is 16.5 Å². The van der Waals surface area contributed by atoms with Gasteiger partial charge in [-0.15, -0.1) is 0 Å². The lowest BCUT2D eigenvalue weighted by Crippen LogP contribution is -2.03. The molecule has 0 saturated carbocycles. The van der Waals surface area contributed by atoms with Gasteiger partial charge in [-0.1, -0.05) is 17.4 Å². The second-order valence-corrected chi connectivity index (χ2v) is 5.24. The second kappa shape index (κ2) is 5.03. The monoisotopic (exact) mass is 330 g/mol. The molecule has 0 saturated heterocycles. The van der Waals surface area contributed by atoms with E-state index in [4.69, 9.17) is 5.73 Å². The van der Waals surface area contributed by atoms with E-state index in [-0.39, 0.29) is 10.8 Å². The van der Waals surface area contributed by atoms with Gasteiger partial charge in [-0.25, -0.2) is 14.2 Å². The number of esters is 1. The quantitative estimate of drug-likeness (QED) is 0.859. The number of methoxy groups -OCH3 is 1. The zero-order valence-corrected chi connectivity index (χ0v) is 11.6. The topological polar surface area (TPSA) is 65.2 Å². The first-order valence-electron chi connectivity index (χ1n) is 4.83. The van der Waals surface area contributed by atoms with Crippen LogP contribution in [0.3, 0.4) is 0 Å². The summed E-state index contributed by atoms with van der Waals surface area (Å²) in [6.07, 6.45) is 0. The van der Waals surface area contributed by atoms with Crippen LogP contribution in [0.25, 0.3) is 10.4 Å². The molecule has 2 aromatic rings. The molecule has 0 radical (unpaired) electrons. The Kier molecular flexibility index (Phi) is 3.63. The minimum atomic E-state index is -0.596. The van der Waals surface area contributed by atoms with Crippen molar-refractivity contribution < 1.29 is 13.9 Å². The lowest BCUT2D eigenvalue weighted by atomic mass is 10.1. The summed E-state index contributed by atoms with van der Waals surface area (Å²) in [7, 11) is 1.25. The van der Waals surface area contributed by atoms with Crippen molar-refractivity contribution in [2.24, 2.45) is 0 Å². The van der Waals surface area contributed by atoms with Crippen molar-refractivity contribution in [3.63, 3.8) is 0 Å². The Hall–Kier alpha value is -1.47. The van der Waals surface area contributed by atoms with Gasteiger partial charge in [-0.05, 0) is 33.6 Å². The maximum Gasteiger partial charge on any atom is 0.358 e. The standard InChI is InChI=1S/C11H8BrFN2O2S/c1-17-10(16)8-9(18-11(14)15-8)5-2-3-6(12)7(13)4-5/h2-4H,1H3,(H2,14,15). The lowest BCUT2D eigenvalue weighted by molar-refractivity contribution is 0.0596. The van der Waals surface area contributed by atoms with Gasteiger partial charge in [0, 0.05) is 0 Å². The van der Waals surface area contributed by atoms with Crippen LogP contribution in [-0.4, -0.2) is 18.1 Å². The highest BCUT2D eigenvalue weighted by molar-refractivity contribution is 9.10. The average Bonchev–Trinajstić information content (AvgIpc) is 2.74. The van der Waals surface area contributed by atoms with Crippen molar-refractivity contribution in [3.05, 3.63) is 34.2 Å². The molecule has 0 atom stereocenters. The molecule has 2 N–H and O–H groups in total. The van der Waals surface area contributed by atoms with Gasteiger partial charge in [0.1, 0.15) is 5.82 Å². The normalized spacial score (nSPS) is 10.4. The van der Waals surface area contributed by atoms with Gasteiger partial charge in [0.2, 0.25) is 0 Å². The van der Waals surface area contributed by atoms with E-state index in [0.717, 1.165) is 11.3 Å². The number of hydrogen-bond donors (Lipinski definition) is 1. The number of aromatic nitrogens is 1. The van der Waals surface area contributed by atoms with Crippen molar-refractivity contribution in [1.29, 1.82) is 0 Å². The molecule has 1 aromatic heterocycles. The summed E-state index contributed by atoms with van der Waals surface area (Å²) in [5, 5.41) is 0.230. The molecule has 18 heavy (non-hydrogen) atoms. The molecule has 2 rings (SSSR count). The molecule has 0 fully saturated rings. The molecule has 7 heteroatoms. The molecule has 0 amide bonds. The van der Waals surface area contributed by atoms with Crippen molar-refractivity contribution >= 4 is 38.4 Å². The average molecular weight is 331 g/mol. The molecule has 0 unspecified atom stereocenters. The maximum absolute atomic E-state index is 13.5. The third kappa shape index (κ3) is 2.37. The lowest BCUT2D eigenvalue weighted by Gasteiger charge is -2.02. The minimum Gasteiger partial charge on any atom is -0.464 e. The Balaban J connectivity index is 2.56. The summed E-state index contributed by atoms with van der Waals surface area (Å²) in [5.41, 5.74) is 6.21. The first kappa shape index (κ1) is 13.0. The van der Waals surface area contributed by atoms with Crippen LogP contribution in [0.2, 0.25) is 0 Å². The fourth-order valence-corrected chi connectivity index (χ4v) is 2.47. The fraction of sp³-hybridized carbons (Fsp3) is 0.0909. The van der Waals surface area contributed by atoms with Crippen LogP contribution in [-0.2, 0) is 4.74 Å². The number of nitrogens with two attached hydrogens (primary N) is 1. The van der Waals surface area contributed by atoms with Crippen molar-refractivity contribution in [3.8, 4) is 10.4 Å². The smallest absolute Gasteiger partial charge is 0.358 e. The molecular weight excluding hydrogens is 323 g/mol. The highest BCUT2D eigenvalue weighted by Gasteiger charge is 2.19. The van der Waals surface area contributed by atoms with E-state index >= 15 is 0 Å². The highest BCUT2D eigenvalue weighted by atomic mass is 79.9.